The van der Waals surface area contributed by atoms with E-state index in [1.807, 2.05) is 0 Å². The fourth-order valence-corrected chi connectivity index (χ4v) is 19.9. The highest BCUT2D eigenvalue weighted by molar-refractivity contribution is 5.43. The van der Waals surface area contributed by atoms with Crippen LogP contribution >= 0.6 is 0 Å². The van der Waals surface area contributed by atoms with Gasteiger partial charge in [0.05, 0.1) is 0 Å². The smallest absolute Gasteiger partial charge is 0.0312 e. The summed E-state index contributed by atoms with van der Waals surface area (Å²) in [7, 11) is 0. The Kier molecular flexibility index (Phi) is 1.60. The van der Waals surface area contributed by atoms with Crippen molar-refractivity contribution in [1.82, 2.24) is 0 Å². The molecule has 15 aliphatic rings. The predicted octanol–water partition coefficient (Wildman–Crippen LogP) is 4.86. The molecule has 32 heavy (non-hydrogen) atoms. The SMILES string of the molecule is CC1CC2C1C1C2C2C1C1C2C2C1C1C2C2C3C4C5C6C7C8C9CC9C8C7C6C5C4C3C12. The van der Waals surface area contributed by atoms with Crippen LogP contribution in [0.1, 0.15) is 19.8 Å². The molecule has 0 aromatic rings. The molecule has 0 aromatic heterocycles. The molecule has 164 valence electrons. The lowest BCUT2D eigenvalue weighted by molar-refractivity contribution is -0.527. The molecule has 0 N–H and O–H groups in total. The molecule has 0 heteroatoms. The van der Waals surface area contributed by atoms with Gasteiger partial charge < -0.3 is 0 Å². The topological polar surface area (TPSA) is 0 Å². The molecule has 0 nitrogen and oxygen atoms in total. The van der Waals surface area contributed by atoms with Gasteiger partial charge in [0.15, 0.2) is 0 Å². The molecule has 0 aliphatic heterocycles. The van der Waals surface area contributed by atoms with Gasteiger partial charge in [0.25, 0.3) is 0 Å². The van der Waals surface area contributed by atoms with Crippen LogP contribution in [-0.4, -0.2) is 0 Å². The first-order chi connectivity index (χ1) is 15.9. The van der Waals surface area contributed by atoms with Crippen LogP contribution in [0.5, 0.6) is 0 Å². The maximum atomic E-state index is 2.60. The Hall–Kier alpha value is 0. The monoisotopic (exact) mass is 420 g/mol. The zero-order chi connectivity index (χ0) is 19.2. The van der Waals surface area contributed by atoms with Gasteiger partial charge >= 0.3 is 0 Å². The summed E-state index contributed by atoms with van der Waals surface area (Å²) in [4.78, 5) is 0. The summed E-state index contributed by atoms with van der Waals surface area (Å²) < 4.78 is 0. The zero-order valence-electron chi connectivity index (χ0n) is 19.2. The number of fused-ring (bicyclic) bond motifs is 40. The molecule has 0 heterocycles. The fraction of sp³-hybridized carbons (Fsp3) is 1.00. The highest BCUT2D eigenvalue weighted by Crippen LogP contribution is 3.00. The molecule has 29 unspecified atom stereocenters. The van der Waals surface area contributed by atoms with Crippen LogP contribution in [0.3, 0.4) is 0 Å². The molecule has 15 aliphatic carbocycles. The van der Waals surface area contributed by atoms with Crippen molar-refractivity contribution in [2.75, 3.05) is 0 Å². The van der Waals surface area contributed by atoms with Crippen molar-refractivity contribution in [2.45, 2.75) is 19.8 Å². The summed E-state index contributed by atoms with van der Waals surface area (Å²) in [5.41, 5.74) is 0. The van der Waals surface area contributed by atoms with Gasteiger partial charge in [-0.05, 0) is 184 Å². The number of hydrogen-bond acceptors (Lipinski definition) is 0. The minimum atomic E-state index is 1.12. The minimum absolute atomic E-state index is 1.12. The second kappa shape index (κ2) is 3.52. The maximum absolute atomic E-state index is 2.60. The summed E-state index contributed by atoms with van der Waals surface area (Å²) in [5, 5.41) is 0. The van der Waals surface area contributed by atoms with Crippen LogP contribution in [-0.2, 0) is 0 Å². The van der Waals surface area contributed by atoms with Gasteiger partial charge in [0.2, 0.25) is 0 Å². The van der Waals surface area contributed by atoms with Crippen molar-refractivity contribution < 1.29 is 0 Å². The van der Waals surface area contributed by atoms with E-state index in [4.69, 9.17) is 0 Å². The Balaban J connectivity index is 0.748. The molecule has 0 spiro atoms. The molecule has 15 saturated carbocycles. The van der Waals surface area contributed by atoms with Crippen LogP contribution in [0.25, 0.3) is 0 Å². The molecule has 15 rings (SSSR count). The summed E-state index contributed by atoms with van der Waals surface area (Å²) in [5.74, 6) is 37.7. The molecule has 0 saturated heterocycles. The van der Waals surface area contributed by atoms with Crippen molar-refractivity contribution in [3.63, 3.8) is 0 Å². The number of hydrogen-bond donors (Lipinski definition) is 0. The number of rotatable bonds is 0. The average Bonchev–Trinajstić information content (AvgIpc) is 3.41. The lowest BCUT2D eigenvalue weighted by Gasteiger charge is -2.99. The molecular weight excluding hydrogens is 384 g/mol. The van der Waals surface area contributed by atoms with Gasteiger partial charge in [0.1, 0.15) is 0 Å². The molecule has 15 fully saturated rings. The average molecular weight is 421 g/mol. The Labute approximate surface area is 191 Å². The summed E-state index contributed by atoms with van der Waals surface area (Å²) >= 11 is 0. The Morgan fingerprint density at radius 1 is 0.250 bits per heavy atom. The van der Waals surface area contributed by atoms with Crippen molar-refractivity contribution in [3.05, 3.63) is 0 Å². The Morgan fingerprint density at radius 2 is 0.500 bits per heavy atom. The third-order valence-electron chi connectivity index (χ3n) is 19.7. The Morgan fingerprint density at radius 3 is 0.812 bits per heavy atom. The normalized spacial score (nSPS) is 99.5. The standard InChI is InChI=1S/C32H36/c1-4-2-7-8(4)12-11(7)15-16(12)20-19(15)23-24(20)28-27(23)31-29-25-21-17-13-9-5-3-6(5)10(9)14(13)18(17)22(21)26(25)30(29)32(28)31/h4-32H,2-3H2,1H3. The van der Waals surface area contributed by atoms with E-state index in [1.54, 1.807) is 12.8 Å². The fourth-order valence-electron chi connectivity index (χ4n) is 19.9. The first-order valence-electron chi connectivity index (χ1n) is 15.9. The quantitative estimate of drug-likeness (QED) is 0.491. The van der Waals surface area contributed by atoms with E-state index in [0.717, 1.165) is 5.92 Å². The van der Waals surface area contributed by atoms with Crippen LogP contribution < -0.4 is 0 Å². The van der Waals surface area contributed by atoms with Crippen LogP contribution in [0.15, 0.2) is 0 Å². The van der Waals surface area contributed by atoms with E-state index < -0.39 is 0 Å². The minimum Gasteiger partial charge on any atom is -0.0622 e. The van der Waals surface area contributed by atoms with E-state index in [9.17, 15) is 0 Å². The van der Waals surface area contributed by atoms with Crippen LogP contribution in [0.4, 0.5) is 0 Å². The molecule has 0 aromatic carbocycles. The van der Waals surface area contributed by atoms with E-state index in [-0.39, 0.29) is 0 Å². The first-order valence-corrected chi connectivity index (χ1v) is 15.9. The third-order valence-corrected chi connectivity index (χ3v) is 19.7. The van der Waals surface area contributed by atoms with Gasteiger partial charge in [-0.25, -0.2) is 0 Å². The summed E-state index contributed by atoms with van der Waals surface area (Å²) in [6.45, 7) is 2.60. The van der Waals surface area contributed by atoms with Gasteiger partial charge in [0, 0.05) is 0 Å². The zero-order valence-corrected chi connectivity index (χ0v) is 19.2. The summed E-state index contributed by atoms with van der Waals surface area (Å²) in [6, 6.07) is 0. The van der Waals surface area contributed by atoms with E-state index in [0.29, 0.717) is 0 Å². The van der Waals surface area contributed by atoms with E-state index >= 15 is 0 Å². The molecule has 0 radical (unpaired) electrons. The van der Waals surface area contributed by atoms with Gasteiger partial charge in [-0.2, -0.15) is 0 Å². The predicted molar refractivity (Wildman–Crippen MR) is 116 cm³/mol. The van der Waals surface area contributed by atoms with Gasteiger partial charge in [-0.1, -0.05) is 6.92 Å². The lowest BCUT2D eigenvalue weighted by Crippen LogP contribution is -2.96. The summed E-state index contributed by atoms with van der Waals surface area (Å²) in [6.07, 6.45) is 3.33. The van der Waals surface area contributed by atoms with Crippen LogP contribution in [0.2, 0.25) is 0 Å². The highest BCUT2D eigenvalue weighted by Gasteiger charge is 2.96. The highest BCUT2D eigenvalue weighted by atomic mass is 15.0. The molecule has 29 atom stereocenters. The van der Waals surface area contributed by atoms with Crippen molar-refractivity contribution in [2.24, 2.45) is 172 Å². The molecule has 0 amide bonds. The second-order valence-corrected chi connectivity index (χ2v) is 17.9. The Bertz CT molecular complexity index is 1140. The van der Waals surface area contributed by atoms with Crippen molar-refractivity contribution in [1.29, 1.82) is 0 Å². The second-order valence-electron chi connectivity index (χ2n) is 17.9. The third kappa shape index (κ3) is 0.873. The van der Waals surface area contributed by atoms with Crippen molar-refractivity contribution >= 4 is 0 Å². The largest absolute Gasteiger partial charge is 0.0622 e. The van der Waals surface area contributed by atoms with Crippen LogP contribution in [0, 0.1) is 172 Å². The molecule has 0 bridgehead atoms. The van der Waals surface area contributed by atoms with E-state index in [1.165, 1.54) is 166 Å². The maximum Gasteiger partial charge on any atom is -0.0312 e. The van der Waals surface area contributed by atoms with E-state index in [2.05, 4.69) is 6.92 Å². The first kappa shape index (κ1) is 14.5. The van der Waals surface area contributed by atoms with Gasteiger partial charge in [-0.15, -0.1) is 0 Å². The van der Waals surface area contributed by atoms with Crippen molar-refractivity contribution in [3.8, 4) is 0 Å². The van der Waals surface area contributed by atoms with Gasteiger partial charge in [-0.3, -0.25) is 0 Å². The molecular formula is C32H36. The lowest BCUT2D eigenvalue weighted by atomic mass is 9.05.